The number of carbonyl (C=O) groups is 1. The van der Waals surface area contributed by atoms with Crippen molar-refractivity contribution in [3.8, 4) is 11.5 Å². The van der Waals surface area contributed by atoms with E-state index in [1.54, 1.807) is 20.3 Å². The van der Waals surface area contributed by atoms with Crippen molar-refractivity contribution < 1.29 is 14.3 Å². The highest BCUT2D eigenvalue weighted by molar-refractivity contribution is 5.81. The van der Waals surface area contributed by atoms with Gasteiger partial charge in [-0.2, -0.15) is 0 Å². The van der Waals surface area contributed by atoms with Crippen LogP contribution < -0.4 is 20.1 Å². The average Bonchev–Trinajstić information content (AvgIpc) is 2.44. The van der Waals surface area contributed by atoms with Crippen molar-refractivity contribution in [3.05, 3.63) is 18.2 Å². The first-order valence-electron chi connectivity index (χ1n) is 6.44. The third kappa shape index (κ3) is 5.36. The Morgan fingerprint density at radius 2 is 2.00 bits per heavy atom. The lowest BCUT2D eigenvalue weighted by Crippen LogP contribution is -2.35. The summed E-state index contributed by atoms with van der Waals surface area (Å²) in [6, 6.07) is 5.41. The number of hydrogen-bond donors (Lipinski definition) is 2. The van der Waals surface area contributed by atoms with Gasteiger partial charge in [-0.15, -0.1) is 0 Å². The Morgan fingerprint density at radius 3 is 2.60 bits per heavy atom. The zero-order valence-electron chi connectivity index (χ0n) is 12.5. The van der Waals surface area contributed by atoms with E-state index >= 15 is 0 Å². The molecule has 0 spiro atoms. The molecule has 1 rings (SSSR count). The second kappa shape index (κ2) is 8.27. The van der Waals surface area contributed by atoms with Crippen LogP contribution in [0.1, 0.15) is 0 Å². The lowest BCUT2D eigenvalue weighted by molar-refractivity contribution is -0.119. The van der Waals surface area contributed by atoms with Crippen LogP contribution in [0.2, 0.25) is 0 Å². The van der Waals surface area contributed by atoms with Crippen LogP contribution in [0.3, 0.4) is 0 Å². The van der Waals surface area contributed by atoms with Crippen molar-refractivity contribution in [1.82, 2.24) is 10.2 Å². The quantitative estimate of drug-likeness (QED) is 0.738. The van der Waals surface area contributed by atoms with E-state index in [9.17, 15) is 4.79 Å². The van der Waals surface area contributed by atoms with Gasteiger partial charge in [-0.05, 0) is 26.2 Å². The topological polar surface area (TPSA) is 62.8 Å². The van der Waals surface area contributed by atoms with Gasteiger partial charge in [-0.1, -0.05) is 0 Å². The predicted molar refractivity (Wildman–Crippen MR) is 79.6 cm³/mol. The minimum Gasteiger partial charge on any atom is -0.497 e. The predicted octanol–water partition coefficient (Wildman–Crippen LogP) is 0.793. The van der Waals surface area contributed by atoms with Gasteiger partial charge in [0.15, 0.2) is 0 Å². The number of likely N-dealkylation sites (N-methyl/N-ethyl adjacent to an activating group) is 1. The van der Waals surface area contributed by atoms with Crippen LogP contribution in [0.15, 0.2) is 18.2 Å². The number of ether oxygens (including phenoxy) is 2. The van der Waals surface area contributed by atoms with E-state index in [-0.39, 0.29) is 12.5 Å². The van der Waals surface area contributed by atoms with Crippen LogP contribution in [0.5, 0.6) is 11.5 Å². The Labute approximate surface area is 120 Å². The summed E-state index contributed by atoms with van der Waals surface area (Å²) in [5.41, 5.74) is 0.760. The highest BCUT2D eigenvalue weighted by Crippen LogP contribution is 2.28. The molecule has 20 heavy (non-hydrogen) atoms. The maximum absolute atomic E-state index is 11.7. The van der Waals surface area contributed by atoms with E-state index in [0.717, 1.165) is 12.2 Å². The molecule has 2 N–H and O–H groups in total. The Kier molecular flexibility index (Phi) is 6.66. The molecule has 0 heterocycles. The molecule has 0 aliphatic rings. The number of benzene rings is 1. The summed E-state index contributed by atoms with van der Waals surface area (Å²) in [6.07, 6.45) is 0. The molecule has 0 unspecified atom stereocenters. The van der Waals surface area contributed by atoms with Crippen LogP contribution in [-0.4, -0.2) is 58.8 Å². The van der Waals surface area contributed by atoms with Gasteiger partial charge >= 0.3 is 0 Å². The maximum Gasteiger partial charge on any atom is 0.239 e. The van der Waals surface area contributed by atoms with E-state index in [1.807, 2.05) is 31.1 Å². The number of nitrogens with one attached hydrogen (secondary N) is 2. The number of anilines is 1. The van der Waals surface area contributed by atoms with Gasteiger partial charge < -0.3 is 25.0 Å². The summed E-state index contributed by atoms with van der Waals surface area (Å²) in [5.74, 6) is 1.30. The third-order valence-electron chi connectivity index (χ3n) is 2.73. The van der Waals surface area contributed by atoms with Gasteiger partial charge in [0.1, 0.15) is 11.5 Å². The molecule has 0 aromatic heterocycles. The smallest absolute Gasteiger partial charge is 0.239 e. The summed E-state index contributed by atoms with van der Waals surface area (Å²) < 4.78 is 10.4. The number of rotatable bonds is 8. The lowest BCUT2D eigenvalue weighted by atomic mass is 10.2. The largest absolute Gasteiger partial charge is 0.497 e. The molecule has 0 aliphatic carbocycles. The molecule has 6 nitrogen and oxygen atoms in total. The molecule has 0 saturated carbocycles. The molecule has 6 heteroatoms. The second-order valence-electron chi connectivity index (χ2n) is 4.57. The van der Waals surface area contributed by atoms with Crippen molar-refractivity contribution >= 4 is 11.6 Å². The highest BCUT2D eigenvalue weighted by atomic mass is 16.5. The van der Waals surface area contributed by atoms with Crippen LogP contribution in [0.25, 0.3) is 0 Å². The third-order valence-corrected chi connectivity index (χ3v) is 2.73. The van der Waals surface area contributed by atoms with Gasteiger partial charge in [0.2, 0.25) is 5.91 Å². The SMILES string of the molecule is COc1ccc(NCC(=O)NCCN(C)C)c(OC)c1. The summed E-state index contributed by atoms with van der Waals surface area (Å²) in [7, 11) is 7.11. The molecule has 0 saturated heterocycles. The van der Waals surface area contributed by atoms with Gasteiger partial charge in [0, 0.05) is 19.2 Å². The van der Waals surface area contributed by atoms with Crippen LogP contribution in [0.4, 0.5) is 5.69 Å². The molecule has 112 valence electrons. The van der Waals surface area contributed by atoms with Crippen molar-refractivity contribution in [1.29, 1.82) is 0 Å². The number of methoxy groups -OCH3 is 2. The van der Waals surface area contributed by atoms with Crippen LogP contribution in [0, 0.1) is 0 Å². The minimum absolute atomic E-state index is 0.0512. The molecule has 1 aromatic rings. The van der Waals surface area contributed by atoms with Crippen molar-refractivity contribution in [2.75, 3.05) is 53.3 Å². The van der Waals surface area contributed by atoms with Crippen molar-refractivity contribution in [3.63, 3.8) is 0 Å². The van der Waals surface area contributed by atoms with Crippen molar-refractivity contribution in [2.24, 2.45) is 0 Å². The molecule has 0 radical (unpaired) electrons. The number of amides is 1. The summed E-state index contributed by atoms with van der Waals surface area (Å²) >= 11 is 0. The first-order chi connectivity index (χ1) is 9.56. The molecule has 0 fully saturated rings. The van der Waals surface area contributed by atoms with Crippen LogP contribution >= 0.6 is 0 Å². The van der Waals surface area contributed by atoms with E-state index in [4.69, 9.17) is 9.47 Å². The lowest BCUT2D eigenvalue weighted by Gasteiger charge is -2.13. The molecular weight excluding hydrogens is 258 g/mol. The first-order valence-corrected chi connectivity index (χ1v) is 6.44. The number of hydrogen-bond acceptors (Lipinski definition) is 5. The Balaban J connectivity index is 2.46. The fourth-order valence-corrected chi connectivity index (χ4v) is 1.60. The zero-order valence-corrected chi connectivity index (χ0v) is 12.5. The molecule has 1 aromatic carbocycles. The molecule has 0 bridgehead atoms. The van der Waals surface area contributed by atoms with Crippen molar-refractivity contribution in [2.45, 2.75) is 0 Å². The summed E-state index contributed by atoms with van der Waals surface area (Å²) in [5, 5.41) is 5.88. The fourth-order valence-electron chi connectivity index (χ4n) is 1.60. The van der Waals surface area contributed by atoms with Gasteiger partial charge in [0.05, 0.1) is 26.5 Å². The zero-order chi connectivity index (χ0) is 15.0. The summed E-state index contributed by atoms with van der Waals surface area (Å²) in [6.45, 7) is 1.65. The van der Waals surface area contributed by atoms with Crippen LogP contribution in [-0.2, 0) is 4.79 Å². The van der Waals surface area contributed by atoms with E-state index in [0.29, 0.717) is 18.0 Å². The molecular formula is C14H23N3O3. The van der Waals surface area contributed by atoms with E-state index in [1.165, 1.54) is 0 Å². The normalized spacial score (nSPS) is 10.2. The minimum atomic E-state index is -0.0512. The Hall–Kier alpha value is -1.95. The average molecular weight is 281 g/mol. The van der Waals surface area contributed by atoms with E-state index < -0.39 is 0 Å². The molecule has 0 aliphatic heterocycles. The highest BCUT2D eigenvalue weighted by Gasteiger charge is 2.06. The Bertz CT molecular complexity index is 436. The van der Waals surface area contributed by atoms with E-state index in [2.05, 4.69) is 10.6 Å². The monoisotopic (exact) mass is 281 g/mol. The Morgan fingerprint density at radius 1 is 1.25 bits per heavy atom. The maximum atomic E-state index is 11.7. The number of nitrogens with zero attached hydrogens (tertiary/aromatic N) is 1. The van der Waals surface area contributed by atoms with Gasteiger partial charge in [0.25, 0.3) is 0 Å². The fraction of sp³-hybridized carbons (Fsp3) is 0.500. The standard InChI is InChI=1S/C14H23N3O3/c1-17(2)8-7-15-14(18)10-16-12-6-5-11(19-3)9-13(12)20-4/h5-6,9,16H,7-8,10H2,1-4H3,(H,15,18). The molecule has 0 atom stereocenters. The van der Waals surface area contributed by atoms with Gasteiger partial charge in [-0.25, -0.2) is 0 Å². The first kappa shape index (κ1) is 16.1. The summed E-state index contributed by atoms with van der Waals surface area (Å²) in [4.78, 5) is 13.7. The second-order valence-corrected chi connectivity index (χ2v) is 4.57. The molecule has 1 amide bonds. The number of carbonyl (C=O) groups excluding carboxylic acids is 1. The van der Waals surface area contributed by atoms with Gasteiger partial charge in [-0.3, -0.25) is 4.79 Å².